The summed E-state index contributed by atoms with van der Waals surface area (Å²) in [4.78, 5) is 14.1. The second-order valence-corrected chi connectivity index (χ2v) is 4.43. The molecule has 1 aliphatic heterocycles. The number of hydrogen-bond acceptors (Lipinski definition) is 4. The van der Waals surface area contributed by atoms with E-state index in [4.69, 9.17) is 10.00 Å². The lowest BCUT2D eigenvalue weighted by atomic mass is 10.2. The van der Waals surface area contributed by atoms with Crippen LogP contribution in [0.25, 0.3) is 0 Å². The van der Waals surface area contributed by atoms with Crippen LogP contribution in [0.3, 0.4) is 0 Å². The van der Waals surface area contributed by atoms with Crippen LogP contribution in [0.2, 0.25) is 0 Å². The molecule has 2 rings (SSSR count). The fourth-order valence-corrected chi connectivity index (χ4v) is 2.13. The minimum Gasteiger partial charge on any atom is -0.360 e. The van der Waals surface area contributed by atoms with Gasteiger partial charge in [0.25, 0.3) is 5.91 Å². The smallest absolute Gasteiger partial charge is 0.272 e. The summed E-state index contributed by atoms with van der Waals surface area (Å²) in [5, 5.41) is 13.2. The summed E-state index contributed by atoms with van der Waals surface area (Å²) in [5.41, 5.74) is 1.51. The third-order valence-electron chi connectivity index (χ3n) is 3.21. The van der Waals surface area contributed by atoms with Crippen LogP contribution in [0.4, 0.5) is 0 Å². The number of nitriles is 1. The minimum atomic E-state index is -0.527. The molecule has 19 heavy (non-hydrogen) atoms. The van der Waals surface area contributed by atoms with Gasteiger partial charge >= 0.3 is 0 Å². The van der Waals surface area contributed by atoms with Crippen LogP contribution in [0.15, 0.2) is 6.07 Å². The van der Waals surface area contributed by atoms with Gasteiger partial charge in [-0.15, -0.1) is 0 Å². The molecule has 1 atom stereocenters. The van der Waals surface area contributed by atoms with Crippen molar-refractivity contribution in [2.45, 2.75) is 32.9 Å². The topological polar surface area (TPSA) is 71.2 Å². The number of amides is 1. The zero-order valence-electron chi connectivity index (χ0n) is 11.3. The van der Waals surface area contributed by atoms with E-state index in [2.05, 4.69) is 5.10 Å². The van der Waals surface area contributed by atoms with E-state index in [-0.39, 0.29) is 5.91 Å². The number of carbonyl (C=O) groups is 1. The number of rotatable bonds is 3. The Bertz CT molecular complexity index is 503. The van der Waals surface area contributed by atoms with Crippen molar-refractivity contribution in [2.75, 3.05) is 19.7 Å². The van der Waals surface area contributed by atoms with Crippen molar-refractivity contribution in [3.8, 4) is 6.07 Å². The molecule has 0 saturated carbocycles. The molecule has 2 heterocycles. The Morgan fingerprint density at radius 1 is 1.63 bits per heavy atom. The maximum absolute atomic E-state index is 12.5. The van der Waals surface area contributed by atoms with Crippen LogP contribution in [0.1, 0.15) is 30.0 Å². The number of hydrogen-bond donors (Lipinski definition) is 0. The minimum absolute atomic E-state index is 0.0717. The van der Waals surface area contributed by atoms with E-state index in [1.807, 2.05) is 26.0 Å². The van der Waals surface area contributed by atoms with Crippen molar-refractivity contribution in [3.05, 3.63) is 17.5 Å². The van der Waals surface area contributed by atoms with Gasteiger partial charge in [0, 0.05) is 13.1 Å². The van der Waals surface area contributed by atoms with Gasteiger partial charge < -0.3 is 9.64 Å². The number of carbonyl (C=O) groups excluding carboxylic acids is 1. The first-order chi connectivity index (χ1) is 9.19. The first kappa shape index (κ1) is 13.6. The molecule has 6 nitrogen and oxygen atoms in total. The molecular weight excluding hydrogens is 244 g/mol. The van der Waals surface area contributed by atoms with Gasteiger partial charge in [-0.2, -0.15) is 10.4 Å². The van der Waals surface area contributed by atoms with Gasteiger partial charge in [-0.05, 0) is 19.4 Å². The highest BCUT2D eigenvalue weighted by molar-refractivity contribution is 5.92. The molecule has 1 saturated heterocycles. The highest BCUT2D eigenvalue weighted by atomic mass is 16.5. The van der Waals surface area contributed by atoms with Gasteiger partial charge in [0.1, 0.15) is 5.69 Å². The van der Waals surface area contributed by atoms with Gasteiger partial charge in [0.15, 0.2) is 6.10 Å². The summed E-state index contributed by atoms with van der Waals surface area (Å²) in [6, 6.07) is 3.88. The molecule has 102 valence electrons. The first-order valence-corrected chi connectivity index (χ1v) is 6.56. The molecule has 0 spiro atoms. The van der Waals surface area contributed by atoms with Gasteiger partial charge in [0.2, 0.25) is 0 Å². The Hall–Kier alpha value is -1.87. The average molecular weight is 262 g/mol. The van der Waals surface area contributed by atoms with Crippen LogP contribution in [0, 0.1) is 11.3 Å². The van der Waals surface area contributed by atoms with Crippen molar-refractivity contribution < 1.29 is 9.53 Å². The Morgan fingerprint density at radius 2 is 2.42 bits per heavy atom. The van der Waals surface area contributed by atoms with Crippen molar-refractivity contribution in [1.29, 1.82) is 5.26 Å². The Morgan fingerprint density at radius 3 is 3.05 bits per heavy atom. The quantitative estimate of drug-likeness (QED) is 0.809. The lowest BCUT2D eigenvalue weighted by Crippen LogP contribution is -2.45. The van der Waals surface area contributed by atoms with E-state index < -0.39 is 6.10 Å². The molecule has 1 fully saturated rings. The van der Waals surface area contributed by atoms with Crippen LogP contribution in [-0.2, 0) is 17.7 Å². The Labute approximate surface area is 112 Å². The monoisotopic (exact) mass is 262 g/mol. The van der Waals surface area contributed by atoms with E-state index >= 15 is 0 Å². The van der Waals surface area contributed by atoms with Gasteiger partial charge in [-0.1, -0.05) is 6.92 Å². The predicted octanol–water partition coefficient (Wildman–Crippen LogP) is 0.830. The summed E-state index contributed by atoms with van der Waals surface area (Å²) in [5.74, 6) is -0.0717. The molecule has 1 aliphatic rings. The summed E-state index contributed by atoms with van der Waals surface area (Å²) >= 11 is 0. The van der Waals surface area contributed by atoms with E-state index in [1.165, 1.54) is 0 Å². The zero-order valence-corrected chi connectivity index (χ0v) is 11.3. The fourth-order valence-electron chi connectivity index (χ4n) is 2.13. The number of aromatic nitrogens is 2. The second-order valence-electron chi connectivity index (χ2n) is 4.43. The van der Waals surface area contributed by atoms with E-state index in [0.717, 1.165) is 12.1 Å². The Balaban J connectivity index is 2.19. The second kappa shape index (κ2) is 5.85. The molecule has 0 bridgehead atoms. The number of nitrogens with zero attached hydrogens (tertiary/aromatic N) is 4. The third-order valence-corrected chi connectivity index (χ3v) is 3.21. The predicted molar refractivity (Wildman–Crippen MR) is 68.5 cm³/mol. The molecule has 1 aromatic rings. The molecule has 1 amide bonds. The molecule has 0 aliphatic carbocycles. The molecular formula is C13H18N4O2. The summed E-state index contributed by atoms with van der Waals surface area (Å²) in [7, 11) is 0. The SMILES string of the molecule is CCc1cc(C(=O)N2CCOC(C#N)C2)n(CC)n1. The highest BCUT2D eigenvalue weighted by Gasteiger charge is 2.27. The molecule has 1 unspecified atom stereocenters. The average Bonchev–Trinajstić information content (AvgIpc) is 2.89. The summed E-state index contributed by atoms with van der Waals surface area (Å²) in [6.07, 6.45) is 0.276. The molecule has 0 N–H and O–H groups in total. The standard InChI is InChI=1S/C13H18N4O2/c1-3-10-7-12(17(4-2)15-10)13(18)16-5-6-19-11(8-14)9-16/h7,11H,3-6,9H2,1-2H3. The number of aryl methyl sites for hydroxylation is 2. The largest absolute Gasteiger partial charge is 0.360 e. The van der Waals surface area contributed by atoms with Crippen molar-refractivity contribution in [3.63, 3.8) is 0 Å². The zero-order chi connectivity index (χ0) is 13.8. The van der Waals surface area contributed by atoms with E-state index in [0.29, 0.717) is 31.9 Å². The van der Waals surface area contributed by atoms with Crippen LogP contribution >= 0.6 is 0 Å². The van der Waals surface area contributed by atoms with Crippen molar-refractivity contribution in [2.24, 2.45) is 0 Å². The summed E-state index contributed by atoms with van der Waals surface area (Å²) in [6.45, 7) is 5.88. The Kier molecular flexibility index (Phi) is 4.17. The molecule has 0 aromatic carbocycles. The van der Waals surface area contributed by atoms with Gasteiger partial charge in [-0.25, -0.2) is 0 Å². The van der Waals surface area contributed by atoms with Crippen LogP contribution in [0.5, 0.6) is 0 Å². The third kappa shape index (κ3) is 2.76. The summed E-state index contributed by atoms with van der Waals surface area (Å²) < 4.78 is 6.97. The van der Waals surface area contributed by atoms with Crippen LogP contribution in [-0.4, -0.2) is 46.4 Å². The fraction of sp³-hybridized carbons (Fsp3) is 0.615. The maximum Gasteiger partial charge on any atom is 0.272 e. The van der Waals surface area contributed by atoms with Crippen LogP contribution < -0.4 is 0 Å². The van der Waals surface area contributed by atoms with E-state index in [1.54, 1.807) is 9.58 Å². The van der Waals surface area contributed by atoms with Gasteiger partial charge in [-0.3, -0.25) is 9.48 Å². The van der Waals surface area contributed by atoms with Crippen molar-refractivity contribution in [1.82, 2.24) is 14.7 Å². The first-order valence-electron chi connectivity index (χ1n) is 6.56. The lowest BCUT2D eigenvalue weighted by Gasteiger charge is -2.29. The molecule has 6 heteroatoms. The van der Waals surface area contributed by atoms with E-state index in [9.17, 15) is 4.79 Å². The highest BCUT2D eigenvalue weighted by Crippen LogP contribution is 2.12. The maximum atomic E-state index is 12.5. The lowest BCUT2D eigenvalue weighted by molar-refractivity contribution is 0.00292. The van der Waals surface area contributed by atoms with Crippen molar-refractivity contribution >= 4 is 5.91 Å². The van der Waals surface area contributed by atoms with Gasteiger partial charge in [0.05, 0.1) is 24.9 Å². The number of morpholine rings is 1. The number of ether oxygens (including phenoxy) is 1. The molecule has 1 aromatic heterocycles. The molecule has 0 radical (unpaired) electrons. The normalized spacial score (nSPS) is 19.2.